The van der Waals surface area contributed by atoms with Crippen molar-refractivity contribution in [3.05, 3.63) is 130 Å². The monoisotopic (exact) mass is 1250 g/mol. The molecule has 4 aromatic heterocycles. The van der Waals surface area contributed by atoms with Crippen molar-refractivity contribution in [2.75, 3.05) is 74.4 Å². The van der Waals surface area contributed by atoms with Crippen molar-refractivity contribution in [1.29, 1.82) is 0 Å². The Morgan fingerprint density at radius 3 is 1.36 bits per heavy atom. The quantitative estimate of drug-likeness (QED) is 0.0510. The highest BCUT2D eigenvalue weighted by Gasteiger charge is 2.42. The van der Waals surface area contributed by atoms with Gasteiger partial charge in [-0.25, -0.2) is 69.5 Å². The third-order valence-corrected chi connectivity index (χ3v) is 18.0. The molecule has 20 nitrogen and oxygen atoms in total. The van der Waals surface area contributed by atoms with E-state index in [-0.39, 0.29) is 102 Å². The summed E-state index contributed by atoms with van der Waals surface area (Å²) in [6.07, 6.45) is 2.98. The lowest BCUT2D eigenvalue weighted by Crippen LogP contribution is -2.52. The number of nitrogens with two attached hydrogens (primary N) is 1. The van der Waals surface area contributed by atoms with E-state index in [1.54, 1.807) is 50.2 Å². The Hall–Kier alpha value is -8.56. The predicted octanol–water partition coefficient (Wildman–Crippen LogP) is 8.86. The Bertz CT molecular complexity index is 4000. The molecule has 10 rings (SSSR count). The molecule has 6 aromatic rings. The van der Waals surface area contributed by atoms with Gasteiger partial charge in [0.05, 0.1) is 62.3 Å². The van der Waals surface area contributed by atoms with Crippen LogP contribution < -0.4 is 43.9 Å². The molecule has 0 radical (unpaired) electrons. The SMILES string of the molecule is COc1ccc(CN(Cc2ccc(OC)cc2OC)S(=O)(=O)c2cc(N(C(=O)c3cc(C#CC4CC4)c(C)nc3N3CCC(F)(F)CC3)N(C(=O)c3cc(C#CC4CC4)c(C)nc3N3CCC(F)(F)CC3)c3ccnc(S(N)(=O)=O)c3)ccn2)c(OC)c1. The molecule has 88 heavy (non-hydrogen) atoms. The first kappa shape index (κ1) is 62.5. The van der Waals surface area contributed by atoms with Crippen molar-refractivity contribution in [3.63, 3.8) is 0 Å². The molecule has 2 saturated carbocycles. The fourth-order valence-corrected chi connectivity index (χ4v) is 11.9. The summed E-state index contributed by atoms with van der Waals surface area (Å²) in [5, 5.41) is 5.81. The number of benzene rings is 2. The van der Waals surface area contributed by atoms with E-state index in [0.717, 1.165) is 64.5 Å². The van der Waals surface area contributed by atoms with Gasteiger partial charge < -0.3 is 28.7 Å². The van der Waals surface area contributed by atoms with Crippen LogP contribution in [-0.4, -0.2) is 119 Å². The molecule has 2 aliphatic heterocycles. The van der Waals surface area contributed by atoms with E-state index < -0.39 is 85.1 Å². The number of alkyl halides is 4. The number of aryl methyl sites for hydroxylation is 2. The fraction of sp³-hybridized carbons (Fsp3) is 0.387. The largest absolute Gasteiger partial charge is 0.497 e. The summed E-state index contributed by atoms with van der Waals surface area (Å²) in [4.78, 5) is 54.4. The average Bonchev–Trinajstić information content (AvgIpc) is 2.14. The van der Waals surface area contributed by atoms with Crippen molar-refractivity contribution in [3.8, 4) is 46.7 Å². The van der Waals surface area contributed by atoms with Gasteiger partial charge in [0, 0.05) is 136 Å². The number of hydrazine groups is 1. The van der Waals surface area contributed by atoms with Gasteiger partial charge in [-0.1, -0.05) is 35.8 Å². The molecule has 0 unspecified atom stereocenters. The molecule has 6 heterocycles. The minimum atomic E-state index is -4.92. The molecular weight excluding hydrogens is 1180 g/mol. The molecule has 462 valence electrons. The van der Waals surface area contributed by atoms with Crippen LogP contribution in [0, 0.1) is 49.4 Å². The lowest BCUT2D eigenvalue weighted by Gasteiger charge is -2.38. The molecule has 2 saturated heterocycles. The second-order valence-corrected chi connectivity index (χ2v) is 25.3. The number of nitrogens with zero attached hydrogens (tertiary/aromatic N) is 9. The summed E-state index contributed by atoms with van der Waals surface area (Å²) in [7, 11) is -3.90. The van der Waals surface area contributed by atoms with E-state index in [1.807, 2.05) is 0 Å². The summed E-state index contributed by atoms with van der Waals surface area (Å²) in [5.41, 5.74) is 0.590. The molecule has 4 fully saturated rings. The van der Waals surface area contributed by atoms with Crippen LogP contribution in [0.4, 0.5) is 40.6 Å². The van der Waals surface area contributed by atoms with Crippen LogP contribution in [0.3, 0.4) is 0 Å². The van der Waals surface area contributed by atoms with Crippen molar-refractivity contribution in [2.45, 2.75) is 100 Å². The van der Waals surface area contributed by atoms with Gasteiger partial charge in [0.1, 0.15) is 34.6 Å². The molecule has 0 bridgehead atoms. The number of hydrogen-bond donors (Lipinski definition) is 1. The predicted molar refractivity (Wildman–Crippen MR) is 319 cm³/mol. The van der Waals surface area contributed by atoms with Crippen molar-refractivity contribution >= 4 is 54.9 Å². The summed E-state index contributed by atoms with van der Waals surface area (Å²) >= 11 is 0. The standard InChI is InChI=1S/C62H64F4N10O10S2/c1-39-43(13-11-41-7-8-41)31-51(57(70-39)72-27-21-61(63,64)22-28-72)59(77)75(47-19-25-68-55(33-47)87(67,79)80)76(60(78)52-32-44(14-12-42-9-10-42)40(2)71-58(52)73-29-23-62(65,66)24-30-73)48-20-26-69-56(34-48)88(81,82)74(37-45-15-17-49(83-3)35-53(45)85-5)38-46-16-18-50(84-4)36-54(46)86-6/h15-20,25-26,31-36,41-42H,7-10,21-24,27-30,37-38H2,1-6H3,(H2,67,79,80). The Labute approximate surface area is 508 Å². The molecular formula is C62H64F4N10O10S2. The Morgan fingerprint density at radius 2 is 0.989 bits per heavy atom. The smallest absolute Gasteiger partial charge is 0.281 e. The van der Waals surface area contributed by atoms with Crippen LogP contribution in [0.25, 0.3) is 0 Å². The van der Waals surface area contributed by atoms with Gasteiger partial charge in [-0.2, -0.15) is 4.31 Å². The van der Waals surface area contributed by atoms with Crippen molar-refractivity contribution in [1.82, 2.24) is 24.2 Å². The molecule has 26 heteroatoms. The number of rotatable bonds is 17. The highest BCUT2D eigenvalue weighted by Crippen LogP contribution is 2.40. The van der Waals surface area contributed by atoms with Gasteiger partial charge in [-0.15, -0.1) is 0 Å². The molecule has 0 atom stereocenters. The number of ether oxygens (including phenoxy) is 4. The second-order valence-electron chi connectivity index (χ2n) is 21.9. The summed E-state index contributed by atoms with van der Waals surface area (Å²) in [6, 6.07) is 16.8. The van der Waals surface area contributed by atoms with Crippen molar-refractivity contribution < 1.29 is 62.9 Å². The second kappa shape index (κ2) is 25.3. The average molecular weight is 1250 g/mol. The highest BCUT2D eigenvalue weighted by atomic mass is 32.2. The maximum absolute atomic E-state index is 16.7. The number of carbonyl (C=O) groups excluding carboxylic acids is 2. The number of hydrogen-bond acceptors (Lipinski definition) is 16. The van der Waals surface area contributed by atoms with Crippen molar-refractivity contribution in [2.24, 2.45) is 17.0 Å². The molecule has 2 N–H and O–H groups in total. The first-order valence-corrected chi connectivity index (χ1v) is 31.3. The molecule has 4 aliphatic rings. The first-order chi connectivity index (χ1) is 41.9. The lowest BCUT2D eigenvalue weighted by molar-refractivity contribution is -0.0228. The van der Waals surface area contributed by atoms with E-state index in [9.17, 15) is 17.2 Å². The van der Waals surface area contributed by atoms with E-state index >= 15 is 26.8 Å². The zero-order valence-corrected chi connectivity index (χ0v) is 50.8. The topological polar surface area (TPSA) is 233 Å². The number of primary sulfonamides is 1. The number of methoxy groups -OCH3 is 4. The Kier molecular flexibility index (Phi) is 17.9. The number of aromatic nitrogens is 4. The summed E-state index contributed by atoms with van der Waals surface area (Å²) < 4.78 is 142. The first-order valence-electron chi connectivity index (χ1n) is 28.3. The van der Waals surface area contributed by atoms with Gasteiger partial charge >= 0.3 is 0 Å². The summed E-state index contributed by atoms with van der Waals surface area (Å²) in [5.74, 6) is 5.50. The molecule has 2 aromatic carbocycles. The Balaban J connectivity index is 1.23. The third-order valence-electron chi connectivity index (χ3n) is 15.5. The van der Waals surface area contributed by atoms with Gasteiger partial charge in [0.25, 0.3) is 43.7 Å². The van der Waals surface area contributed by atoms with Crippen LogP contribution in [0.1, 0.15) is 106 Å². The normalized spacial score (nSPS) is 16.4. The minimum absolute atomic E-state index is 0.0579. The Morgan fingerprint density at radius 1 is 0.591 bits per heavy atom. The number of carbonyl (C=O) groups is 2. The van der Waals surface area contributed by atoms with Crippen LogP contribution in [0.15, 0.2) is 95.2 Å². The van der Waals surface area contributed by atoms with Crippen LogP contribution in [0.5, 0.6) is 23.0 Å². The zero-order chi connectivity index (χ0) is 62.9. The van der Waals surface area contributed by atoms with Gasteiger partial charge in [-0.3, -0.25) is 9.59 Å². The number of sulfonamides is 2. The molecule has 2 amide bonds. The maximum Gasteiger partial charge on any atom is 0.281 e. The molecule has 0 spiro atoms. The van der Waals surface area contributed by atoms with Gasteiger partial charge in [0.2, 0.25) is 0 Å². The number of halogens is 4. The van der Waals surface area contributed by atoms with Gasteiger partial charge in [-0.05, 0) is 75.9 Å². The zero-order valence-electron chi connectivity index (χ0n) is 49.2. The van der Waals surface area contributed by atoms with Crippen LogP contribution >= 0.6 is 0 Å². The van der Waals surface area contributed by atoms with Crippen LogP contribution in [0.2, 0.25) is 0 Å². The van der Waals surface area contributed by atoms with E-state index in [2.05, 4.69) is 33.6 Å². The van der Waals surface area contributed by atoms with E-state index in [0.29, 0.717) is 34.0 Å². The van der Waals surface area contributed by atoms with Gasteiger partial charge in [0.15, 0.2) is 10.1 Å². The van der Waals surface area contributed by atoms with E-state index in [4.69, 9.17) is 34.1 Å². The minimum Gasteiger partial charge on any atom is -0.497 e. The van der Waals surface area contributed by atoms with E-state index in [1.165, 1.54) is 62.5 Å². The molecule has 2 aliphatic carbocycles. The maximum atomic E-state index is 16.7. The number of amides is 2. The number of anilines is 4. The highest BCUT2D eigenvalue weighted by molar-refractivity contribution is 7.89. The third kappa shape index (κ3) is 14.1. The fourth-order valence-electron chi connectivity index (χ4n) is 10.1. The number of pyridine rings is 4. The lowest BCUT2D eigenvalue weighted by atomic mass is 10.0. The van der Waals surface area contributed by atoms with Crippen LogP contribution in [-0.2, 0) is 33.1 Å². The summed E-state index contributed by atoms with van der Waals surface area (Å²) in [6.45, 7) is 1.46. The number of piperidine rings is 2.